The van der Waals surface area contributed by atoms with Crippen molar-refractivity contribution in [1.82, 2.24) is 19.4 Å². The van der Waals surface area contributed by atoms with Crippen LogP contribution < -0.4 is 0 Å². The lowest BCUT2D eigenvalue weighted by molar-refractivity contribution is -0.130. The first-order valence-corrected chi connectivity index (χ1v) is 8.96. The molecule has 132 valence electrons. The van der Waals surface area contributed by atoms with Crippen molar-refractivity contribution in [3.05, 3.63) is 47.8 Å². The third-order valence-electron chi connectivity index (χ3n) is 5.03. The second-order valence-corrected chi connectivity index (χ2v) is 7.15. The zero-order chi connectivity index (χ0) is 17.2. The molecule has 1 aliphatic heterocycles. The van der Waals surface area contributed by atoms with E-state index in [4.69, 9.17) is 4.74 Å². The van der Waals surface area contributed by atoms with E-state index < -0.39 is 0 Å². The predicted octanol–water partition coefficient (Wildman–Crippen LogP) is 2.35. The van der Waals surface area contributed by atoms with Crippen molar-refractivity contribution >= 4 is 5.91 Å². The van der Waals surface area contributed by atoms with E-state index >= 15 is 0 Å². The SMILES string of the molecule is CC(=O)N1Cc2ncn(CC3CC3)c2C(COCc2cccnc2)C1. The molecular weight excluding hydrogens is 316 g/mol. The van der Waals surface area contributed by atoms with Crippen LogP contribution in [0.1, 0.15) is 42.6 Å². The van der Waals surface area contributed by atoms with Gasteiger partial charge in [-0.3, -0.25) is 9.78 Å². The number of amides is 1. The number of fused-ring (bicyclic) bond motifs is 1. The Hall–Kier alpha value is -2.21. The third kappa shape index (κ3) is 3.74. The third-order valence-corrected chi connectivity index (χ3v) is 5.03. The van der Waals surface area contributed by atoms with Gasteiger partial charge in [0.05, 0.1) is 31.8 Å². The van der Waals surface area contributed by atoms with E-state index in [1.807, 2.05) is 29.6 Å². The van der Waals surface area contributed by atoms with Crippen LogP contribution in [0.4, 0.5) is 0 Å². The highest BCUT2D eigenvalue weighted by molar-refractivity contribution is 5.73. The molecule has 1 unspecified atom stereocenters. The second kappa shape index (κ2) is 6.96. The van der Waals surface area contributed by atoms with Gasteiger partial charge in [0.2, 0.25) is 5.91 Å². The smallest absolute Gasteiger partial charge is 0.219 e. The highest BCUT2D eigenvalue weighted by atomic mass is 16.5. The molecule has 4 rings (SSSR count). The number of aromatic nitrogens is 3. The molecule has 2 aliphatic rings. The molecule has 2 aromatic heterocycles. The highest BCUT2D eigenvalue weighted by Crippen LogP contribution is 2.34. The number of carbonyl (C=O) groups is 1. The van der Waals surface area contributed by atoms with Gasteiger partial charge in [0.1, 0.15) is 0 Å². The van der Waals surface area contributed by atoms with E-state index in [0.29, 0.717) is 26.3 Å². The number of hydrogen-bond donors (Lipinski definition) is 0. The first-order chi connectivity index (χ1) is 12.2. The van der Waals surface area contributed by atoms with Crippen molar-refractivity contribution in [2.75, 3.05) is 13.2 Å². The van der Waals surface area contributed by atoms with Crippen molar-refractivity contribution < 1.29 is 9.53 Å². The molecule has 0 radical (unpaired) electrons. The second-order valence-electron chi connectivity index (χ2n) is 7.15. The Bertz CT molecular complexity index is 739. The minimum atomic E-state index is 0.0969. The van der Waals surface area contributed by atoms with Gasteiger partial charge in [-0.2, -0.15) is 0 Å². The topological polar surface area (TPSA) is 60.2 Å². The Kier molecular flexibility index (Phi) is 4.53. The fourth-order valence-electron chi connectivity index (χ4n) is 3.52. The molecule has 1 atom stereocenters. The molecular formula is C19H24N4O2. The summed E-state index contributed by atoms with van der Waals surface area (Å²) in [6.45, 7) is 5.10. The Morgan fingerprint density at radius 1 is 1.40 bits per heavy atom. The van der Waals surface area contributed by atoms with Crippen molar-refractivity contribution in [2.45, 2.75) is 45.4 Å². The summed E-state index contributed by atoms with van der Waals surface area (Å²) in [6.07, 6.45) is 8.16. The van der Waals surface area contributed by atoms with Gasteiger partial charge in [0.25, 0.3) is 0 Å². The molecule has 25 heavy (non-hydrogen) atoms. The summed E-state index contributed by atoms with van der Waals surface area (Å²) in [5.41, 5.74) is 3.35. The molecule has 3 heterocycles. The first kappa shape index (κ1) is 16.3. The lowest BCUT2D eigenvalue weighted by Crippen LogP contribution is -2.39. The number of pyridine rings is 1. The van der Waals surface area contributed by atoms with Gasteiger partial charge in [-0.15, -0.1) is 0 Å². The van der Waals surface area contributed by atoms with Gasteiger partial charge in [-0.1, -0.05) is 6.07 Å². The first-order valence-electron chi connectivity index (χ1n) is 8.96. The Labute approximate surface area is 147 Å². The number of ether oxygens (including phenoxy) is 1. The maximum Gasteiger partial charge on any atom is 0.219 e. The molecule has 0 aromatic carbocycles. The standard InChI is InChI=1S/C19H24N4O2/c1-14(24)22-9-17(12-25-11-16-3-2-6-20-7-16)19-18(10-22)21-13-23(19)8-15-4-5-15/h2-3,6-7,13,15,17H,4-5,8-12H2,1H3. The van der Waals surface area contributed by atoms with E-state index in [-0.39, 0.29) is 11.8 Å². The minimum absolute atomic E-state index is 0.0969. The summed E-state index contributed by atoms with van der Waals surface area (Å²) in [5.74, 6) is 1.06. The lowest BCUT2D eigenvalue weighted by atomic mass is 9.98. The molecule has 0 saturated heterocycles. The molecule has 2 aromatic rings. The van der Waals surface area contributed by atoms with Crippen molar-refractivity contribution in [3.8, 4) is 0 Å². The van der Waals surface area contributed by atoms with E-state index in [1.165, 1.54) is 18.5 Å². The van der Waals surface area contributed by atoms with Gasteiger partial charge in [0, 0.05) is 44.0 Å². The van der Waals surface area contributed by atoms with E-state index in [0.717, 1.165) is 23.7 Å². The predicted molar refractivity (Wildman–Crippen MR) is 92.7 cm³/mol. The van der Waals surface area contributed by atoms with Gasteiger partial charge in [-0.25, -0.2) is 4.98 Å². The summed E-state index contributed by atoms with van der Waals surface area (Å²) in [7, 11) is 0. The van der Waals surface area contributed by atoms with Crippen LogP contribution in [0.2, 0.25) is 0 Å². The Balaban J connectivity index is 1.48. The number of rotatable bonds is 6. The highest BCUT2D eigenvalue weighted by Gasteiger charge is 2.32. The molecule has 0 spiro atoms. The quantitative estimate of drug-likeness (QED) is 0.810. The molecule has 6 nitrogen and oxygen atoms in total. The maximum atomic E-state index is 11.9. The Morgan fingerprint density at radius 2 is 2.28 bits per heavy atom. The largest absolute Gasteiger partial charge is 0.376 e. The normalized spacial score (nSPS) is 19.7. The molecule has 1 saturated carbocycles. The molecule has 6 heteroatoms. The maximum absolute atomic E-state index is 11.9. The van der Waals surface area contributed by atoms with Gasteiger partial charge < -0.3 is 14.2 Å². The van der Waals surface area contributed by atoms with Crippen LogP contribution in [0.3, 0.4) is 0 Å². The van der Waals surface area contributed by atoms with Crippen molar-refractivity contribution in [1.29, 1.82) is 0 Å². The average Bonchev–Trinajstić information content (AvgIpc) is 3.34. The van der Waals surface area contributed by atoms with Crippen LogP contribution in [-0.4, -0.2) is 38.5 Å². The van der Waals surface area contributed by atoms with Crippen LogP contribution >= 0.6 is 0 Å². The number of nitrogens with zero attached hydrogens (tertiary/aromatic N) is 4. The number of hydrogen-bond acceptors (Lipinski definition) is 4. The molecule has 0 bridgehead atoms. The minimum Gasteiger partial charge on any atom is -0.376 e. The lowest BCUT2D eigenvalue weighted by Gasteiger charge is -2.32. The molecule has 1 aliphatic carbocycles. The number of carbonyl (C=O) groups excluding carboxylic acids is 1. The number of imidazole rings is 1. The summed E-state index contributed by atoms with van der Waals surface area (Å²) < 4.78 is 8.26. The zero-order valence-electron chi connectivity index (χ0n) is 14.6. The fourth-order valence-corrected chi connectivity index (χ4v) is 3.52. The fraction of sp³-hybridized carbons (Fsp3) is 0.526. The van der Waals surface area contributed by atoms with E-state index in [1.54, 1.807) is 13.1 Å². The molecule has 1 amide bonds. The van der Waals surface area contributed by atoms with E-state index in [9.17, 15) is 4.79 Å². The van der Waals surface area contributed by atoms with Crippen LogP contribution in [0.5, 0.6) is 0 Å². The van der Waals surface area contributed by atoms with Gasteiger partial charge in [-0.05, 0) is 30.4 Å². The zero-order valence-corrected chi connectivity index (χ0v) is 14.6. The van der Waals surface area contributed by atoms with Crippen LogP contribution in [0.25, 0.3) is 0 Å². The average molecular weight is 340 g/mol. The van der Waals surface area contributed by atoms with Crippen molar-refractivity contribution in [2.24, 2.45) is 5.92 Å². The summed E-state index contributed by atoms with van der Waals surface area (Å²) in [5, 5.41) is 0. The van der Waals surface area contributed by atoms with Crippen molar-refractivity contribution in [3.63, 3.8) is 0 Å². The summed E-state index contributed by atoms with van der Waals surface area (Å²) in [6, 6.07) is 3.93. The Morgan fingerprint density at radius 3 is 3.00 bits per heavy atom. The van der Waals surface area contributed by atoms with Gasteiger partial charge in [0.15, 0.2) is 0 Å². The van der Waals surface area contributed by atoms with Crippen LogP contribution in [0, 0.1) is 5.92 Å². The molecule has 0 N–H and O–H groups in total. The monoisotopic (exact) mass is 340 g/mol. The van der Waals surface area contributed by atoms with Crippen LogP contribution in [0.15, 0.2) is 30.9 Å². The van der Waals surface area contributed by atoms with Crippen LogP contribution in [-0.2, 0) is 29.2 Å². The molecule has 1 fully saturated rings. The van der Waals surface area contributed by atoms with Gasteiger partial charge >= 0.3 is 0 Å². The summed E-state index contributed by atoms with van der Waals surface area (Å²) >= 11 is 0. The van der Waals surface area contributed by atoms with E-state index in [2.05, 4.69) is 14.5 Å². The summed E-state index contributed by atoms with van der Waals surface area (Å²) in [4.78, 5) is 22.5.